The maximum Gasteiger partial charge on any atom is 0.309 e. The van der Waals surface area contributed by atoms with Crippen LogP contribution in [-0.2, 0) is 4.79 Å². The van der Waals surface area contributed by atoms with Crippen LogP contribution < -0.4 is 0 Å². The van der Waals surface area contributed by atoms with Gasteiger partial charge in [0.15, 0.2) is 0 Å². The van der Waals surface area contributed by atoms with Gasteiger partial charge in [-0.2, -0.15) is 0 Å². The zero-order valence-electron chi connectivity index (χ0n) is 7.95. The summed E-state index contributed by atoms with van der Waals surface area (Å²) in [5, 5.41) is 18.2. The first-order valence-corrected chi connectivity index (χ1v) is 4.41. The minimum Gasteiger partial charge on any atom is -0.481 e. The van der Waals surface area contributed by atoms with Crippen LogP contribution in [0.4, 0.5) is 0 Å². The average Bonchev–Trinajstić information content (AvgIpc) is 1.85. The number of carboxylic acid groups (broad SMARTS) is 1. The smallest absolute Gasteiger partial charge is 0.309 e. The predicted octanol–water partition coefficient (Wildman–Crippen LogP) is 1.50. The lowest BCUT2D eigenvalue weighted by molar-refractivity contribution is -0.148. The van der Waals surface area contributed by atoms with Crippen LogP contribution in [0.15, 0.2) is 0 Å². The third kappa shape index (κ3) is 3.22. The Morgan fingerprint density at radius 2 is 1.92 bits per heavy atom. The van der Waals surface area contributed by atoms with Crippen molar-refractivity contribution in [1.29, 1.82) is 0 Å². The van der Waals surface area contributed by atoms with Crippen molar-refractivity contribution >= 4 is 5.97 Å². The lowest BCUT2D eigenvalue weighted by atomic mass is 9.88. The van der Waals surface area contributed by atoms with E-state index >= 15 is 0 Å². The summed E-state index contributed by atoms with van der Waals surface area (Å²) < 4.78 is 0. The van der Waals surface area contributed by atoms with E-state index in [0.717, 1.165) is 6.42 Å². The minimum atomic E-state index is -0.897. The number of aliphatic hydroxyl groups is 1. The van der Waals surface area contributed by atoms with E-state index in [2.05, 4.69) is 0 Å². The number of hydrogen-bond acceptors (Lipinski definition) is 2. The highest BCUT2D eigenvalue weighted by Crippen LogP contribution is 2.18. The van der Waals surface area contributed by atoms with Gasteiger partial charge in [-0.1, -0.05) is 27.2 Å². The van der Waals surface area contributed by atoms with Gasteiger partial charge in [0.1, 0.15) is 0 Å². The van der Waals surface area contributed by atoms with Gasteiger partial charge in [0, 0.05) is 0 Å². The number of aliphatic hydroxyl groups excluding tert-OH is 1. The zero-order chi connectivity index (χ0) is 9.72. The van der Waals surface area contributed by atoms with Gasteiger partial charge in [-0.15, -0.1) is 0 Å². The molecule has 3 heteroatoms. The van der Waals surface area contributed by atoms with E-state index < -0.39 is 18.0 Å². The van der Waals surface area contributed by atoms with E-state index in [1.807, 2.05) is 20.8 Å². The highest BCUT2D eigenvalue weighted by atomic mass is 16.4. The molecule has 12 heavy (non-hydrogen) atoms. The van der Waals surface area contributed by atoms with Crippen LogP contribution in [0.1, 0.15) is 33.6 Å². The Hall–Kier alpha value is -0.570. The molecular weight excluding hydrogens is 156 g/mol. The summed E-state index contributed by atoms with van der Waals surface area (Å²) in [7, 11) is 0. The first kappa shape index (κ1) is 11.4. The van der Waals surface area contributed by atoms with Crippen molar-refractivity contribution < 1.29 is 15.0 Å². The average molecular weight is 174 g/mol. The molecule has 0 aromatic heterocycles. The van der Waals surface area contributed by atoms with Crippen LogP contribution >= 0.6 is 0 Å². The molecule has 0 aliphatic carbocycles. The Morgan fingerprint density at radius 1 is 1.42 bits per heavy atom. The van der Waals surface area contributed by atoms with Crippen molar-refractivity contribution in [2.24, 2.45) is 11.8 Å². The summed E-state index contributed by atoms with van der Waals surface area (Å²) in [4.78, 5) is 10.7. The fraction of sp³-hybridized carbons (Fsp3) is 0.889. The molecule has 0 amide bonds. The van der Waals surface area contributed by atoms with E-state index in [4.69, 9.17) is 5.11 Å². The second-order valence-electron chi connectivity index (χ2n) is 3.46. The molecule has 0 aromatic rings. The van der Waals surface area contributed by atoms with Gasteiger partial charge in [0.05, 0.1) is 12.0 Å². The third-order valence-corrected chi connectivity index (χ3v) is 2.00. The lowest BCUT2D eigenvalue weighted by Gasteiger charge is -2.21. The highest BCUT2D eigenvalue weighted by Gasteiger charge is 2.28. The van der Waals surface area contributed by atoms with E-state index in [-0.39, 0.29) is 5.92 Å². The zero-order valence-corrected chi connectivity index (χ0v) is 7.95. The summed E-state index contributed by atoms with van der Waals surface area (Å²) in [6.45, 7) is 5.57. The summed E-state index contributed by atoms with van der Waals surface area (Å²) in [6, 6.07) is 0. The second kappa shape index (κ2) is 5.14. The van der Waals surface area contributed by atoms with Crippen molar-refractivity contribution in [2.45, 2.75) is 39.7 Å². The first-order valence-electron chi connectivity index (χ1n) is 4.41. The van der Waals surface area contributed by atoms with Gasteiger partial charge in [-0.05, 0) is 12.3 Å². The number of aliphatic carboxylic acids is 1. The van der Waals surface area contributed by atoms with Gasteiger partial charge in [0.2, 0.25) is 0 Å². The Morgan fingerprint density at radius 3 is 2.17 bits per heavy atom. The first-order chi connectivity index (χ1) is 5.50. The molecule has 3 nitrogen and oxygen atoms in total. The maximum atomic E-state index is 10.7. The Balaban J connectivity index is 4.19. The van der Waals surface area contributed by atoms with Gasteiger partial charge in [0.25, 0.3) is 0 Å². The number of rotatable bonds is 5. The van der Waals surface area contributed by atoms with Crippen molar-refractivity contribution in [2.75, 3.05) is 0 Å². The minimum absolute atomic E-state index is 0.0101. The molecule has 0 saturated carbocycles. The third-order valence-electron chi connectivity index (χ3n) is 2.00. The van der Waals surface area contributed by atoms with E-state index in [1.54, 1.807) is 0 Å². The molecule has 0 heterocycles. The summed E-state index contributed by atoms with van der Waals surface area (Å²) in [5.41, 5.74) is 0. The molecule has 0 spiro atoms. The van der Waals surface area contributed by atoms with E-state index in [9.17, 15) is 9.90 Å². The van der Waals surface area contributed by atoms with E-state index in [1.165, 1.54) is 0 Å². The fourth-order valence-electron chi connectivity index (χ4n) is 1.37. The van der Waals surface area contributed by atoms with Gasteiger partial charge in [-0.3, -0.25) is 4.79 Å². The molecule has 0 aromatic carbocycles. The highest BCUT2D eigenvalue weighted by molar-refractivity contribution is 5.70. The molecule has 2 atom stereocenters. The second-order valence-corrected chi connectivity index (χ2v) is 3.46. The molecular formula is C9H18O3. The lowest BCUT2D eigenvalue weighted by Crippen LogP contribution is -2.32. The molecule has 2 unspecified atom stereocenters. The maximum absolute atomic E-state index is 10.7. The van der Waals surface area contributed by atoms with Gasteiger partial charge < -0.3 is 10.2 Å². The number of carbonyl (C=O) groups is 1. The quantitative estimate of drug-likeness (QED) is 0.664. The van der Waals surface area contributed by atoms with Crippen LogP contribution in [-0.4, -0.2) is 22.3 Å². The molecule has 72 valence electrons. The van der Waals surface area contributed by atoms with Crippen LogP contribution in [0.2, 0.25) is 0 Å². The van der Waals surface area contributed by atoms with Crippen LogP contribution in [0.5, 0.6) is 0 Å². The summed E-state index contributed by atoms with van der Waals surface area (Å²) in [5.74, 6) is -1.53. The van der Waals surface area contributed by atoms with Gasteiger partial charge in [-0.25, -0.2) is 0 Å². The summed E-state index contributed by atoms with van der Waals surface area (Å²) >= 11 is 0. The van der Waals surface area contributed by atoms with E-state index in [0.29, 0.717) is 6.42 Å². The van der Waals surface area contributed by atoms with Gasteiger partial charge >= 0.3 is 5.97 Å². The van der Waals surface area contributed by atoms with Crippen LogP contribution in [0, 0.1) is 11.8 Å². The Kier molecular flexibility index (Phi) is 4.90. The van der Waals surface area contributed by atoms with Crippen molar-refractivity contribution in [3.05, 3.63) is 0 Å². The topological polar surface area (TPSA) is 57.5 Å². The van der Waals surface area contributed by atoms with Crippen molar-refractivity contribution in [1.82, 2.24) is 0 Å². The fourth-order valence-corrected chi connectivity index (χ4v) is 1.37. The molecule has 0 rings (SSSR count). The standard InChI is InChI=1S/C9H18O3/c1-4-5-7(10)8(6(2)3)9(11)12/h6-8,10H,4-5H2,1-3H3,(H,11,12). The number of hydrogen-bond donors (Lipinski definition) is 2. The Labute approximate surface area is 73.4 Å². The molecule has 0 aliphatic rings. The predicted molar refractivity (Wildman–Crippen MR) is 46.9 cm³/mol. The summed E-state index contributed by atoms with van der Waals surface area (Å²) in [6.07, 6.45) is 0.680. The largest absolute Gasteiger partial charge is 0.481 e. The molecule has 0 saturated heterocycles. The molecule has 0 fully saturated rings. The molecule has 2 N–H and O–H groups in total. The van der Waals surface area contributed by atoms with Crippen LogP contribution in [0.25, 0.3) is 0 Å². The normalized spacial score (nSPS) is 16.1. The molecule has 0 bridgehead atoms. The molecule has 0 aliphatic heterocycles. The van der Waals surface area contributed by atoms with Crippen LogP contribution in [0.3, 0.4) is 0 Å². The monoisotopic (exact) mass is 174 g/mol. The molecule has 0 radical (unpaired) electrons. The number of carboxylic acids is 1. The van der Waals surface area contributed by atoms with Crippen molar-refractivity contribution in [3.8, 4) is 0 Å². The van der Waals surface area contributed by atoms with Crippen molar-refractivity contribution in [3.63, 3.8) is 0 Å². The SMILES string of the molecule is CCCC(O)C(C(=O)O)C(C)C. The Bertz CT molecular complexity index is 143.